The number of alkyl halides is 2. The SMILES string of the molecule is CCC(C)C1(C(F)F)CNC1. The molecule has 1 atom stereocenters. The maximum Gasteiger partial charge on any atom is 0.246 e. The predicted octanol–water partition coefficient (Wildman–Crippen LogP) is 1.89. The van der Waals surface area contributed by atoms with Gasteiger partial charge in [0, 0.05) is 13.1 Å². The van der Waals surface area contributed by atoms with Gasteiger partial charge in [-0.1, -0.05) is 20.3 Å². The van der Waals surface area contributed by atoms with E-state index in [2.05, 4.69) is 5.32 Å². The van der Waals surface area contributed by atoms with Crippen LogP contribution in [0.25, 0.3) is 0 Å². The van der Waals surface area contributed by atoms with Crippen LogP contribution in [0.4, 0.5) is 8.78 Å². The highest BCUT2D eigenvalue weighted by Crippen LogP contribution is 2.39. The van der Waals surface area contributed by atoms with Crippen LogP contribution in [-0.4, -0.2) is 19.5 Å². The van der Waals surface area contributed by atoms with Crippen LogP contribution < -0.4 is 5.32 Å². The van der Waals surface area contributed by atoms with Crippen molar-refractivity contribution in [3.8, 4) is 0 Å². The summed E-state index contributed by atoms with van der Waals surface area (Å²) in [6, 6.07) is 0. The largest absolute Gasteiger partial charge is 0.315 e. The highest BCUT2D eigenvalue weighted by atomic mass is 19.3. The fourth-order valence-electron chi connectivity index (χ4n) is 1.54. The van der Waals surface area contributed by atoms with Crippen molar-refractivity contribution in [2.45, 2.75) is 26.7 Å². The van der Waals surface area contributed by atoms with Gasteiger partial charge in [-0.2, -0.15) is 0 Å². The Morgan fingerprint density at radius 1 is 1.45 bits per heavy atom. The zero-order valence-corrected chi connectivity index (χ0v) is 7.03. The molecule has 1 nitrogen and oxygen atoms in total. The van der Waals surface area contributed by atoms with Crippen LogP contribution in [0.5, 0.6) is 0 Å². The van der Waals surface area contributed by atoms with Crippen molar-refractivity contribution in [1.29, 1.82) is 0 Å². The molecule has 0 radical (unpaired) electrons. The van der Waals surface area contributed by atoms with Gasteiger partial charge < -0.3 is 5.32 Å². The van der Waals surface area contributed by atoms with E-state index in [-0.39, 0.29) is 5.92 Å². The molecule has 0 aromatic heterocycles. The van der Waals surface area contributed by atoms with Gasteiger partial charge in [-0.3, -0.25) is 0 Å². The van der Waals surface area contributed by atoms with Crippen LogP contribution in [0.1, 0.15) is 20.3 Å². The Bertz CT molecular complexity index is 132. The molecule has 0 bridgehead atoms. The fraction of sp³-hybridized carbons (Fsp3) is 1.00. The maximum atomic E-state index is 12.5. The predicted molar refractivity (Wildman–Crippen MR) is 40.8 cm³/mol. The highest BCUT2D eigenvalue weighted by molar-refractivity contribution is 4.97. The summed E-state index contributed by atoms with van der Waals surface area (Å²) in [6.07, 6.45) is -1.33. The molecule has 1 saturated heterocycles. The first-order valence-electron chi connectivity index (χ1n) is 4.12. The Morgan fingerprint density at radius 3 is 2.09 bits per heavy atom. The second-order valence-corrected chi connectivity index (χ2v) is 3.45. The minimum absolute atomic E-state index is 0.128. The van der Waals surface area contributed by atoms with E-state index in [0.29, 0.717) is 13.1 Å². The Morgan fingerprint density at radius 2 is 2.00 bits per heavy atom. The van der Waals surface area contributed by atoms with E-state index >= 15 is 0 Å². The lowest BCUT2D eigenvalue weighted by Gasteiger charge is -2.46. The first kappa shape index (κ1) is 8.91. The average molecular weight is 163 g/mol. The second kappa shape index (κ2) is 3.05. The lowest BCUT2D eigenvalue weighted by molar-refractivity contribution is -0.0788. The molecule has 0 amide bonds. The van der Waals surface area contributed by atoms with E-state index in [0.717, 1.165) is 6.42 Å². The Kier molecular flexibility index (Phi) is 2.47. The Hall–Kier alpha value is -0.180. The summed E-state index contributed by atoms with van der Waals surface area (Å²) in [4.78, 5) is 0. The molecule has 1 unspecified atom stereocenters. The van der Waals surface area contributed by atoms with Crippen molar-refractivity contribution >= 4 is 0 Å². The monoisotopic (exact) mass is 163 g/mol. The lowest BCUT2D eigenvalue weighted by Crippen LogP contribution is -2.60. The third-order valence-corrected chi connectivity index (χ3v) is 2.94. The van der Waals surface area contributed by atoms with Crippen molar-refractivity contribution in [2.75, 3.05) is 13.1 Å². The number of halogens is 2. The highest BCUT2D eigenvalue weighted by Gasteiger charge is 2.48. The van der Waals surface area contributed by atoms with E-state index < -0.39 is 11.8 Å². The Balaban J connectivity index is 2.59. The fourth-order valence-corrected chi connectivity index (χ4v) is 1.54. The minimum Gasteiger partial charge on any atom is -0.315 e. The summed E-state index contributed by atoms with van der Waals surface area (Å²) < 4.78 is 25.1. The molecule has 11 heavy (non-hydrogen) atoms. The van der Waals surface area contributed by atoms with Gasteiger partial charge in [-0.25, -0.2) is 8.78 Å². The van der Waals surface area contributed by atoms with Gasteiger partial charge in [0.25, 0.3) is 0 Å². The molecule has 0 saturated carbocycles. The van der Waals surface area contributed by atoms with Crippen LogP contribution in [-0.2, 0) is 0 Å². The molecule has 0 spiro atoms. The molecule has 3 heteroatoms. The summed E-state index contributed by atoms with van der Waals surface area (Å²) in [6.45, 7) is 4.85. The smallest absolute Gasteiger partial charge is 0.246 e. The van der Waals surface area contributed by atoms with Crippen molar-refractivity contribution in [3.63, 3.8) is 0 Å². The third-order valence-electron chi connectivity index (χ3n) is 2.94. The zero-order chi connectivity index (χ0) is 8.48. The lowest BCUT2D eigenvalue weighted by atomic mass is 9.70. The van der Waals surface area contributed by atoms with E-state index in [1.54, 1.807) is 0 Å². The van der Waals surface area contributed by atoms with Crippen LogP contribution >= 0.6 is 0 Å². The average Bonchev–Trinajstić information content (AvgIpc) is 1.84. The molecular formula is C8H15F2N. The molecule has 1 N–H and O–H groups in total. The van der Waals surface area contributed by atoms with Crippen LogP contribution in [0.15, 0.2) is 0 Å². The molecule has 1 fully saturated rings. The molecule has 66 valence electrons. The molecule has 0 aliphatic carbocycles. The number of rotatable bonds is 3. The summed E-state index contributed by atoms with van der Waals surface area (Å²) >= 11 is 0. The van der Waals surface area contributed by atoms with E-state index in [1.165, 1.54) is 0 Å². The van der Waals surface area contributed by atoms with Gasteiger partial charge in [0.1, 0.15) is 0 Å². The molecule has 0 aromatic rings. The van der Waals surface area contributed by atoms with Gasteiger partial charge in [0.15, 0.2) is 0 Å². The first-order valence-corrected chi connectivity index (χ1v) is 4.12. The van der Waals surface area contributed by atoms with Gasteiger partial charge in [0.05, 0.1) is 5.41 Å². The van der Waals surface area contributed by atoms with Gasteiger partial charge >= 0.3 is 0 Å². The van der Waals surface area contributed by atoms with Crippen molar-refractivity contribution in [1.82, 2.24) is 5.32 Å². The van der Waals surface area contributed by atoms with E-state index in [4.69, 9.17) is 0 Å². The molecule has 1 aliphatic rings. The summed E-state index contributed by atoms with van der Waals surface area (Å²) in [5.74, 6) is 0.128. The summed E-state index contributed by atoms with van der Waals surface area (Å²) in [5, 5.41) is 2.92. The quantitative estimate of drug-likeness (QED) is 0.670. The molecule has 0 aromatic carbocycles. The van der Waals surface area contributed by atoms with Crippen molar-refractivity contribution in [3.05, 3.63) is 0 Å². The zero-order valence-electron chi connectivity index (χ0n) is 7.03. The van der Waals surface area contributed by atoms with E-state index in [9.17, 15) is 8.78 Å². The van der Waals surface area contributed by atoms with Gasteiger partial charge in [-0.15, -0.1) is 0 Å². The van der Waals surface area contributed by atoms with Crippen molar-refractivity contribution < 1.29 is 8.78 Å². The summed E-state index contributed by atoms with van der Waals surface area (Å²) in [7, 11) is 0. The van der Waals surface area contributed by atoms with Gasteiger partial charge in [-0.05, 0) is 5.92 Å². The number of hydrogen-bond acceptors (Lipinski definition) is 1. The standard InChI is InChI=1S/C8H15F2N/c1-3-6(2)8(7(9)10)4-11-5-8/h6-7,11H,3-5H2,1-2H3. The van der Waals surface area contributed by atoms with Crippen LogP contribution in [0.3, 0.4) is 0 Å². The molecule has 1 heterocycles. The molecule has 1 rings (SSSR count). The first-order chi connectivity index (χ1) is 5.13. The van der Waals surface area contributed by atoms with Gasteiger partial charge in [0.2, 0.25) is 6.43 Å². The normalized spacial score (nSPS) is 24.8. The van der Waals surface area contributed by atoms with Crippen LogP contribution in [0, 0.1) is 11.3 Å². The Labute approximate surface area is 66.2 Å². The second-order valence-electron chi connectivity index (χ2n) is 3.45. The van der Waals surface area contributed by atoms with Crippen LogP contribution in [0.2, 0.25) is 0 Å². The minimum atomic E-state index is -2.17. The molecular weight excluding hydrogens is 148 g/mol. The maximum absolute atomic E-state index is 12.5. The summed E-state index contributed by atoms with van der Waals surface area (Å²) in [5.41, 5.74) is -0.714. The van der Waals surface area contributed by atoms with Crippen molar-refractivity contribution in [2.24, 2.45) is 11.3 Å². The molecule has 1 aliphatic heterocycles. The third kappa shape index (κ3) is 1.26. The topological polar surface area (TPSA) is 12.0 Å². The van der Waals surface area contributed by atoms with E-state index in [1.807, 2.05) is 13.8 Å². The number of hydrogen-bond donors (Lipinski definition) is 1. The number of nitrogens with one attached hydrogen (secondary N) is 1.